The number of hydrogen-bond acceptors (Lipinski definition) is 2. The summed E-state index contributed by atoms with van der Waals surface area (Å²) >= 11 is 6.03. The summed E-state index contributed by atoms with van der Waals surface area (Å²) in [7, 11) is 0. The molecule has 0 spiro atoms. The molecule has 0 amide bonds. The minimum atomic E-state index is -0.782. The zero-order valence-electron chi connectivity index (χ0n) is 11.0. The third kappa shape index (κ3) is 4.22. The van der Waals surface area contributed by atoms with Crippen LogP contribution >= 0.6 is 11.6 Å². The van der Waals surface area contributed by atoms with Crippen LogP contribution < -0.4 is 4.74 Å². The number of halogens is 1. The number of ether oxygens (including phenoxy) is 1. The lowest BCUT2D eigenvalue weighted by atomic mass is 9.88. The monoisotopic (exact) mass is 270 g/mol. The van der Waals surface area contributed by atoms with E-state index >= 15 is 0 Å². The molecular weight excluding hydrogens is 252 g/mol. The lowest BCUT2D eigenvalue weighted by Gasteiger charge is -2.18. The Kier molecular flexibility index (Phi) is 5.03. The molecule has 0 fully saturated rings. The quantitative estimate of drug-likeness (QED) is 0.797. The molecule has 0 saturated carbocycles. The Morgan fingerprint density at radius 2 is 2.11 bits per heavy atom. The molecule has 0 aliphatic carbocycles. The molecule has 0 heterocycles. The van der Waals surface area contributed by atoms with E-state index in [-0.39, 0.29) is 0 Å². The van der Waals surface area contributed by atoms with Crippen molar-refractivity contribution in [2.75, 3.05) is 6.61 Å². The minimum absolute atomic E-state index is 0.472. The van der Waals surface area contributed by atoms with E-state index in [0.29, 0.717) is 30.2 Å². The third-order valence-corrected chi connectivity index (χ3v) is 3.17. The van der Waals surface area contributed by atoms with Crippen LogP contribution in [0.2, 0.25) is 5.02 Å². The molecule has 18 heavy (non-hydrogen) atoms. The van der Waals surface area contributed by atoms with Gasteiger partial charge in [0, 0.05) is 0 Å². The number of carboxylic acid groups (broad SMARTS) is 1. The lowest BCUT2D eigenvalue weighted by molar-refractivity contribution is -0.147. The predicted octanol–water partition coefficient (Wildman–Crippen LogP) is 3.92. The standard InChI is InChI=1S/C14H19ClO3/c1-10-5-6-12(11(15)9-10)18-8-4-7-14(2,3)13(16)17/h5-6,9H,4,7-8H2,1-3H3,(H,16,17). The Morgan fingerprint density at radius 1 is 1.44 bits per heavy atom. The van der Waals surface area contributed by atoms with Gasteiger partial charge < -0.3 is 9.84 Å². The van der Waals surface area contributed by atoms with E-state index in [1.807, 2.05) is 25.1 Å². The van der Waals surface area contributed by atoms with E-state index in [4.69, 9.17) is 21.4 Å². The Balaban J connectivity index is 2.41. The fourth-order valence-corrected chi connectivity index (χ4v) is 1.82. The van der Waals surface area contributed by atoms with E-state index < -0.39 is 11.4 Å². The molecule has 0 atom stereocenters. The highest BCUT2D eigenvalue weighted by Crippen LogP contribution is 2.26. The second-order valence-corrected chi connectivity index (χ2v) is 5.48. The molecule has 0 aliphatic rings. The molecule has 0 aliphatic heterocycles. The number of hydrogen-bond donors (Lipinski definition) is 1. The molecule has 0 saturated heterocycles. The van der Waals surface area contributed by atoms with Crippen LogP contribution in [-0.2, 0) is 4.79 Å². The average Bonchev–Trinajstić information content (AvgIpc) is 2.26. The highest BCUT2D eigenvalue weighted by atomic mass is 35.5. The van der Waals surface area contributed by atoms with Crippen molar-refractivity contribution in [3.63, 3.8) is 0 Å². The molecule has 1 aromatic carbocycles. The van der Waals surface area contributed by atoms with Crippen molar-refractivity contribution in [2.24, 2.45) is 5.41 Å². The first-order valence-electron chi connectivity index (χ1n) is 5.95. The van der Waals surface area contributed by atoms with Gasteiger partial charge in [0.25, 0.3) is 0 Å². The van der Waals surface area contributed by atoms with Crippen molar-refractivity contribution in [1.82, 2.24) is 0 Å². The van der Waals surface area contributed by atoms with Gasteiger partial charge in [-0.25, -0.2) is 0 Å². The number of carboxylic acids is 1. The highest BCUT2D eigenvalue weighted by Gasteiger charge is 2.26. The van der Waals surface area contributed by atoms with Crippen LogP contribution in [-0.4, -0.2) is 17.7 Å². The number of benzene rings is 1. The highest BCUT2D eigenvalue weighted by molar-refractivity contribution is 6.32. The predicted molar refractivity (Wildman–Crippen MR) is 72.3 cm³/mol. The Labute approximate surface area is 113 Å². The Morgan fingerprint density at radius 3 is 2.67 bits per heavy atom. The summed E-state index contributed by atoms with van der Waals surface area (Å²) in [4.78, 5) is 10.9. The van der Waals surface area contributed by atoms with Crippen molar-refractivity contribution in [3.8, 4) is 5.75 Å². The molecule has 1 aromatic rings. The van der Waals surface area contributed by atoms with Gasteiger partial charge in [0.05, 0.1) is 17.0 Å². The maximum absolute atomic E-state index is 10.9. The van der Waals surface area contributed by atoms with Gasteiger partial charge in [-0.15, -0.1) is 0 Å². The number of aliphatic carboxylic acids is 1. The average molecular weight is 271 g/mol. The molecule has 3 nitrogen and oxygen atoms in total. The second kappa shape index (κ2) is 6.10. The van der Waals surface area contributed by atoms with Gasteiger partial charge >= 0.3 is 5.97 Å². The summed E-state index contributed by atoms with van der Waals surface area (Å²) in [6.07, 6.45) is 1.26. The van der Waals surface area contributed by atoms with Crippen molar-refractivity contribution in [1.29, 1.82) is 0 Å². The fraction of sp³-hybridized carbons (Fsp3) is 0.500. The van der Waals surface area contributed by atoms with Gasteiger partial charge in [-0.05, 0) is 51.3 Å². The summed E-state index contributed by atoms with van der Waals surface area (Å²) in [5, 5.41) is 9.56. The van der Waals surface area contributed by atoms with E-state index in [2.05, 4.69) is 0 Å². The molecule has 0 bridgehead atoms. The second-order valence-electron chi connectivity index (χ2n) is 5.07. The van der Waals surface area contributed by atoms with E-state index in [0.717, 1.165) is 5.56 Å². The summed E-state index contributed by atoms with van der Waals surface area (Å²) in [6.45, 7) is 5.87. The van der Waals surface area contributed by atoms with E-state index in [1.54, 1.807) is 13.8 Å². The van der Waals surface area contributed by atoms with Crippen LogP contribution in [0.1, 0.15) is 32.3 Å². The number of aryl methyl sites for hydroxylation is 1. The van der Waals surface area contributed by atoms with Crippen LogP contribution in [0.4, 0.5) is 0 Å². The summed E-state index contributed by atoms with van der Waals surface area (Å²) in [5.74, 6) is -0.133. The van der Waals surface area contributed by atoms with Gasteiger partial charge in [0.1, 0.15) is 5.75 Å². The maximum Gasteiger partial charge on any atom is 0.309 e. The number of carbonyl (C=O) groups is 1. The van der Waals surface area contributed by atoms with Crippen LogP contribution in [0.5, 0.6) is 5.75 Å². The van der Waals surface area contributed by atoms with Crippen molar-refractivity contribution in [3.05, 3.63) is 28.8 Å². The fourth-order valence-electron chi connectivity index (χ4n) is 1.53. The van der Waals surface area contributed by atoms with Crippen molar-refractivity contribution in [2.45, 2.75) is 33.6 Å². The van der Waals surface area contributed by atoms with Crippen LogP contribution in [0.25, 0.3) is 0 Å². The number of rotatable bonds is 6. The normalized spacial score (nSPS) is 11.3. The molecular formula is C14H19ClO3. The van der Waals surface area contributed by atoms with Gasteiger partial charge in [-0.2, -0.15) is 0 Å². The van der Waals surface area contributed by atoms with Crippen LogP contribution in [0.3, 0.4) is 0 Å². The van der Waals surface area contributed by atoms with Crippen molar-refractivity contribution < 1.29 is 14.6 Å². The zero-order chi connectivity index (χ0) is 13.8. The Hall–Kier alpha value is -1.22. The first-order chi connectivity index (χ1) is 8.33. The van der Waals surface area contributed by atoms with Crippen LogP contribution in [0.15, 0.2) is 18.2 Å². The largest absolute Gasteiger partial charge is 0.492 e. The van der Waals surface area contributed by atoms with E-state index in [1.165, 1.54) is 0 Å². The summed E-state index contributed by atoms with van der Waals surface area (Å²) in [6, 6.07) is 5.61. The van der Waals surface area contributed by atoms with E-state index in [9.17, 15) is 4.79 Å². The van der Waals surface area contributed by atoms with Gasteiger partial charge in [0.2, 0.25) is 0 Å². The summed E-state index contributed by atoms with van der Waals surface area (Å²) in [5.41, 5.74) is 0.375. The van der Waals surface area contributed by atoms with Gasteiger partial charge in [-0.3, -0.25) is 4.79 Å². The molecule has 100 valence electrons. The van der Waals surface area contributed by atoms with Gasteiger partial charge in [0.15, 0.2) is 0 Å². The molecule has 0 unspecified atom stereocenters. The minimum Gasteiger partial charge on any atom is -0.492 e. The maximum atomic E-state index is 10.9. The van der Waals surface area contributed by atoms with Crippen LogP contribution in [0, 0.1) is 12.3 Å². The molecule has 4 heteroatoms. The molecule has 0 radical (unpaired) electrons. The summed E-state index contributed by atoms with van der Waals surface area (Å²) < 4.78 is 5.54. The SMILES string of the molecule is Cc1ccc(OCCCC(C)(C)C(=O)O)c(Cl)c1. The molecule has 1 N–H and O–H groups in total. The first-order valence-corrected chi connectivity index (χ1v) is 6.33. The molecule has 1 rings (SSSR count). The molecule has 0 aromatic heterocycles. The van der Waals surface area contributed by atoms with Gasteiger partial charge in [-0.1, -0.05) is 17.7 Å². The van der Waals surface area contributed by atoms with Crippen molar-refractivity contribution >= 4 is 17.6 Å². The first kappa shape index (κ1) is 14.8. The smallest absolute Gasteiger partial charge is 0.309 e. The lowest BCUT2D eigenvalue weighted by Crippen LogP contribution is -2.24. The topological polar surface area (TPSA) is 46.5 Å². The Bertz CT molecular complexity index is 427. The zero-order valence-corrected chi connectivity index (χ0v) is 11.8. The third-order valence-electron chi connectivity index (χ3n) is 2.87.